The van der Waals surface area contributed by atoms with E-state index in [1.54, 1.807) is 12.1 Å². The van der Waals surface area contributed by atoms with Gasteiger partial charge in [0.2, 0.25) is 0 Å². The Kier molecular flexibility index (Phi) is 2.52. The molecule has 0 saturated heterocycles. The molecule has 1 aromatic rings. The molecule has 1 aliphatic rings. The van der Waals surface area contributed by atoms with Crippen molar-refractivity contribution in [2.75, 3.05) is 25.1 Å². The monoisotopic (exact) mass is 247 g/mol. The molecule has 0 amide bonds. The average Bonchev–Trinajstić information content (AvgIpc) is 2.16. The third kappa shape index (κ3) is 1.89. The van der Waals surface area contributed by atoms with Crippen LogP contribution in [0.3, 0.4) is 0 Å². The van der Waals surface area contributed by atoms with Crippen LogP contribution in [0.2, 0.25) is 0 Å². The summed E-state index contributed by atoms with van der Waals surface area (Å²) in [6, 6.07) is 4.90. The maximum Gasteiger partial charge on any atom is 0.265 e. The number of likely N-dealkylation sites (N-methyl/N-ethyl adjacent to an activating group) is 1. The second-order valence-corrected chi connectivity index (χ2v) is 5.85. The fourth-order valence-corrected chi connectivity index (χ4v) is 2.54. The number of anilines is 1. The van der Waals surface area contributed by atoms with E-state index in [0.717, 1.165) is 12.2 Å². The average molecular weight is 248 g/mol. The summed E-state index contributed by atoms with van der Waals surface area (Å²) in [5, 5.41) is 0. The summed E-state index contributed by atoms with van der Waals surface area (Å²) >= 11 is 0. The second kappa shape index (κ2) is 3.57. The number of halogens is 1. The minimum Gasteiger partial charge on any atom is -0.488 e. The van der Waals surface area contributed by atoms with Gasteiger partial charge in [0.05, 0.1) is 12.2 Å². The van der Waals surface area contributed by atoms with Crippen molar-refractivity contribution in [3.8, 4) is 5.75 Å². The predicted octanol–water partition coefficient (Wildman–Crippen LogP) is 1.44. The third-order valence-electron chi connectivity index (χ3n) is 2.31. The Hall–Kier alpha value is -0.940. The Bertz CT molecular complexity index is 486. The van der Waals surface area contributed by atoms with Crippen molar-refractivity contribution < 1.29 is 13.2 Å². The number of benzene rings is 1. The van der Waals surface area contributed by atoms with Crippen LogP contribution in [0.1, 0.15) is 0 Å². The number of hydrogen-bond donors (Lipinski definition) is 0. The molecule has 15 heavy (non-hydrogen) atoms. The van der Waals surface area contributed by atoms with E-state index in [4.69, 9.17) is 15.4 Å². The van der Waals surface area contributed by atoms with E-state index in [9.17, 15) is 8.42 Å². The molecule has 1 aromatic carbocycles. The molecular formula is C9H10ClNO3S. The fourth-order valence-electron chi connectivity index (χ4n) is 1.55. The van der Waals surface area contributed by atoms with Crippen LogP contribution in [0.15, 0.2) is 23.1 Å². The Morgan fingerprint density at radius 3 is 2.87 bits per heavy atom. The quantitative estimate of drug-likeness (QED) is 0.705. The Labute approximate surface area is 92.8 Å². The highest BCUT2D eigenvalue weighted by atomic mass is 35.7. The van der Waals surface area contributed by atoms with Crippen molar-refractivity contribution in [2.45, 2.75) is 4.90 Å². The summed E-state index contributed by atoms with van der Waals surface area (Å²) in [7, 11) is 3.45. The molecule has 0 N–H and O–H groups in total. The van der Waals surface area contributed by atoms with Crippen LogP contribution in [0, 0.1) is 0 Å². The van der Waals surface area contributed by atoms with Crippen LogP contribution in [0.5, 0.6) is 5.75 Å². The molecule has 0 atom stereocenters. The molecule has 2 rings (SSSR count). The van der Waals surface area contributed by atoms with E-state index in [0.29, 0.717) is 12.4 Å². The Morgan fingerprint density at radius 1 is 1.47 bits per heavy atom. The standard InChI is InChI=1S/C9H10ClNO3S/c1-11-5-6-14-9-7(11)3-2-4-8(9)15(10,12)13/h2-4H,5-6H2,1H3. The molecule has 0 saturated carbocycles. The van der Waals surface area contributed by atoms with Crippen molar-refractivity contribution in [3.05, 3.63) is 18.2 Å². The highest BCUT2D eigenvalue weighted by molar-refractivity contribution is 8.13. The molecule has 1 heterocycles. The molecule has 4 nitrogen and oxygen atoms in total. The topological polar surface area (TPSA) is 46.6 Å². The van der Waals surface area contributed by atoms with E-state index >= 15 is 0 Å². The van der Waals surface area contributed by atoms with Crippen LogP contribution in [0.25, 0.3) is 0 Å². The van der Waals surface area contributed by atoms with Crippen molar-refractivity contribution in [1.82, 2.24) is 0 Å². The molecule has 0 spiro atoms. The second-order valence-electron chi connectivity index (χ2n) is 3.31. The van der Waals surface area contributed by atoms with Crippen LogP contribution >= 0.6 is 10.7 Å². The van der Waals surface area contributed by atoms with Gasteiger partial charge >= 0.3 is 0 Å². The Morgan fingerprint density at radius 2 is 2.20 bits per heavy atom. The zero-order chi connectivity index (χ0) is 11.1. The lowest BCUT2D eigenvalue weighted by molar-refractivity contribution is 0.303. The van der Waals surface area contributed by atoms with Gasteiger partial charge in [0.1, 0.15) is 11.5 Å². The first-order valence-electron chi connectivity index (χ1n) is 4.42. The fraction of sp³-hybridized carbons (Fsp3) is 0.333. The molecule has 1 aliphatic heterocycles. The molecule has 82 valence electrons. The molecule has 0 unspecified atom stereocenters. The summed E-state index contributed by atoms with van der Waals surface area (Å²) in [6.07, 6.45) is 0. The summed E-state index contributed by atoms with van der Waals surface area (Å²) < 4.78 is 27.9. The molecule has 0 fully saturated rings. The zero-order valence-electron chi connectivity index (χ0n) is 8.10. The summed E-state index contributed by atoms with van der Waals surface area (Å²) in [5.41, 5.74) is 0.753. The zero-order valence-corrected chi connectivity index (χ0v) is 9.68. The van der Waals surface area contributed by atoms with Crippen LogP contribution < -0.4 is 9.64 Å². The SMILES string of the molecule is CN1CCOc2c1cccc2S(=O)(=O)Cl. The van der Waals surface area contributed by atoms with Gasteiger partial charge in [-0.25, -0.2) is 8.42 Å². The number of rotatable bonds is 1. The smallest absolute Gasteiger partial charge is 0.265 e. The number of ether oxygens (including phenoxy) is 1. The molecule has 0 aromatic heterocycles. The van der Waals surface area contributed by atoms with E-state index in [1.165, 1.54) is 6.07 Å². The van der Waals surface area contributed by atoms with Gasteiger partial charge in [0.15, 0.2) is 5.75 Å². The molecular weight excluding hydrogens is 238 g/mol. The Balaban J connectivity index is 2.65. The summed E-state index contributed by atoms with van der Waals surface area (Å²) in [6.45, 7) is 1.20. The first kappa shape index (κ1) is 10.6. The molecule has 6 heteroatoms. The lowest BCUT2D eigenvalue weighted by Gasteiger charge is -2.28. The van der Waals surface area contributed by atoms with E-state index in [1.807, 2.05) is 11.9 Å². The highest BCUT2D eigenvalue weighted by Crippen LogP contribution is 2.37. The number of hydrogen-bond acceptors (Lipinski definition) is 4. The third-order valence-corrected chi connectivity index (χ3v) is 3.65. The largest absolute Gasteiger partial charge is 0.488 e. The highest BCUT2D eigenvalue weighted by Gasteiger charge is 2.24. The number of para-hydroxylation sites is 1. The van der Waals surface area contributed by atoms with Crippen molar-refractivity contribution in [1.29, 1.82) is 0 Å². The van der Waals surface area contributed by atoms with Gasteiger partial charge in [0.25, 0.3) is 9.05 Å². The first-order valence-corrected chi connectivity index (χ1v) is 6.72. The van der Waals surface area contributed by atoms with Crippen LogP contribution in [0.4, 0.5) is 5.69 Å². The van der Waals surface area contributed by atoms with E-state index in [-0.39, 0.29) is 4.90 Å². The lowest BCUT2D eigenvalue weighted by Crippen LogP contribution is -2.29. The van der Waals surface area contributed by atoms with Gasteiger partial charge in [0, 0.05) is 17.7 Å². The maximum absolute atomic E-state index is 11.3. The van der Waals surface area contributed by atoms with Crippen molar-refractivity contribution in [2.24, 2.45) is 0 Å². The van der Waals surface area contributed by atoms with Crippen molar-refractivity contribution >= 4 is 25.4 Å². The van der Waals surface area contributed by atoms with Gasteiger partial charge in [-0.15, -0.1) is 0 Å². The summed E-state index contributed by atoms with van der Waals surface area (Å²) in [4.78, 5) is 1.97. The van der Waals surface area contributed by atoms with E-state index in [2.05, 4.69) is 0 Å². The van der Waals surface area contributed by atoms with Crippen LogP contribution in [-0.2, 0) is 9.05 Å². The number of nitrogens with zero attached hydrogens (tertiary/aromatic N) is 1. The molecule has 0 aliphatic carbocycles. The van der Waals surface area contributed by atoms with Gasteiger partial charge in [-0.1, -0.05) is 6.07 Å². The van der Waals surface area contributed by atoms with Gasteiger partial charge in [-0.05, 0) is 12.1 Å². The van der Waals surface area contributed by atoms with Gasteiger partial charge in [-0.3, -0.25) is 0 Å². The maximum atomic E-state index is 11.3. The van der Waals surface area contributed by atoms with Gasteiger partial charge in [-0.2, -0.15) is 0 Å². The predicted molar refractivity (Wildman–Crippen MR) is 58.2 cm³/mol. The first-order chi connectivity index (χ1) is 7.00. The normalized spacial score (nSPS) is 15.7. The minimum absolute atomic E-state index is 0.0354. The molecule has 0 radical (unpaired) electrons. The van der Waals surface area contributed by atoms with Crippen LogP contribution in [-0.4, -0.2) is 28.6 Å². The van der Waals surface area contributed by atoms with Crippen molar-refractivity contribution in [3.63, 3.8) is 0 Å². The number of fused-ring (bicyclic) bond motifs is 1. The van der Waals surface area contributed by atoms with Gasteiger partial charge < -0.3 is 9.64 Å². The minimum atomic E-state index is -3.75. The molecule has 0 bridgehead atoms. The summed E-state index contributed by atoms with van der Waals surface area (Å²) in [5.74, 6) is 0.348. The lowest BCUT2D eigenvalue weighted by atomic mass is 10.2. The van der Waals surface area contributed by atoms with E-state index < -0.39 is 9.05 Å².